The average molecular weight is 1020 g/mol. The molecule has 0 unspecified atom stereocenters. The molecule has 0 spiro atoms. The Bertz CT molecular complexity index is 3340. The lowest BCUT2D eigenvalue weighted by atomic mass is 9.99. The van der Waals surface area contributed by atoms with E-state index in [4.69, 9.17) is 17.2 Å². The topological polar surface area (TPSA) is 336 Å². The molecule has 4 heterocycles. The van der Waals surface area contributed by atoms with Crippen molar-refractivity contribution in [2.75, 3.05) is 12.3 Å². The summed E-state index contributed by atoms with van der Waals surface area (Å²) in [6.07, 6.45) is 7.23. The number of benzene rings is 4. The number of nitrogens with zero attached hydrogens (tertiary/aromatic N) is 1. The lowest BCUT2D eigenvalue weighted by Gasteiger charge is -2.27. The first-order chi connectivity index (χ1) is 35.8. The van der Waals surface area contributed by atoms with Gasteiger partial charge < -0.3 is 68.8 Å². The number of guanidine groups is 1. The van der Waals surface area contributed by atoms with Crippen molar-refractivity contribution in [1.29, 1.82) is 0 Å². The summed E-state index contributed by atoms with van der Waals surface area (Å²) >= 11 is 4.35. The normalized spacial score (nSPS) is 13.9. The standard InChI is InChI=1S/C53H59N13O7S/c54-37(14-9-19-57-53(55)56)47(67)66-46(28-74)51(71)64-43(21-30-25-59-39-16-6-2-11-34(30)39)49(69)62-42(20-29-24-58-38-15-5-1-10-33(29)38)48(68)63-44(22-31-26-60-40-17-7-3-12-35(31)40)50(70)65-45(52(72)73)23-32-27-61-41-18-8-4-13-36(32)41/h1-8,10-13,15-18,24-27,37,42-46,58-61,74H,9,14,19-23,28,54H2,(H,62,69)(H,63,68)(H,64,71)(H,65,70)(H,66,67)(H,72,73)(H4,55,56,57)/t37-,42-,43-,44-,45-,46-/m0/s1. The molecule has 4 aromatic heterocycles. The summed E-state index contributed by atoms with van der Waals surface area (Å²) in [7, 11) is 0. The molecule has 21 heteroatoms. The monoisotopic (exact) mass is 1020 g/mol. The second-order valence-corrected chi connectivity index (χ2v) is 18.5. The highest BCUT2D eigenvalue weighted by Gasteiger charge is 2.34. The van der Waals surface area contributed by atoms with Gasteiger partial charge in [-0.2, -0.15) is 12.6 Å². The Morgan fingerprint density at radius 2 is 0.797 bits per heavy atom. The van der Waals surface area contributed by atoms with Gasteiger partial charge in [0.2, 0.25) is 29.5 Å². The van der Waals surface area contributed by atoms with Crippen LogP contribution in [0.3, 0.4) is 0 Å². The van der Waals surface area contributed by atoms with Crippen LogP contribution in [0, 0.1) is 0 Å². The minimum Gasteiger partial charge on any atom is -0.480 e. The summed E-state index contributed by atoms with van der Waals surface area (Å²) < 4.78 is 0. The summed E-state index contributed by atoms with van der Waals surface area (Å²) in [6, 6.07) is 22.0. The van der Waals surface area contributed by atoms with Gasteiger partial charge in [0.15, 0.2) is 5.96 Å². The second kappa shape index (κ2) is 23.8. The molecule has 8 aromatic rings. The quantitative estimate of drug-likeness (QED) is 0.0182. The van der Waals surface area contributed by atoms with Gasteiger partial charge in [0.25, 0.3) is 0 Å². The molecule has 0 aliphatic carbocycles. The minimum atomic E-state index is -1.39. The van der Waals surface area contributed by atoms with Crippen molar-refractivity contribution in [1.82, 2.24) is 46.5 Å². The molecule has 0 bridgehead atoms. The van der Waals surface area contributed by atoms with E-state index in [1.165, 1.54) is 0 Å². The predicted octanol–water partition coefficient (Wildman–Crippen LogP) is 2.70. The predicted molar refractivity (Wildman–Crippen MR) is 287 cm³/mol. The fourth-order valence-corrected chi connectivity index (χ4v) is 9.38. The van der Waals surface area contributed by atoms with Crippen LogP contribution in [0.25, 0.3) is 43.6 Å². The van der Waals surface area contributed by atoms with Gasteiger partial charge in [0, 0.05) is 106 Å². The SMILES string of the molecule is NC(N)=NCCC[C@H](N)C(=O)N[C@@H](CS)C(=O)N[C@@H](Cc1c[nH]c2ccccc12)C(=O)N[C@@H](Cc1c[nH]c2ccccc12)C(=O)N[C@@H](Cc1c[nH]c2ccccc12)C(=O)N[C@@H](Cc1c[nH]c2ccccc12)C(=O)O. The Balaban J connectivity index is 1.09. The zero-order valence-corrected chi connectivity index (χ0v) is 41.1. The number of carboxylic acid groups (broad SMARTS) is 1. The van der Waals surface area contributed by atoms with Gasteiger partial charge in [-0.05, 0) is 59.4 Å². The largest absolute Gasteiger partial charge is 0.480 e. The van der Waals surface area contributed by atoms with Crippen molar-refractivity contribution in [2.24, 2.45) is 22.2 Å². The first-order valence-electron chi connectivity index (χ1n) is 24.1. The van der Waals surface area contributed by atoms with Crippen LogP contribution >= 0.6 is 12.6 Å². The number of carboxylic acids is 1. The lowest BCUT2D eigenvalue weighted by Crippen LogP contribution is -2.60. The van der Waals surface area contributed by atoms with Crippen molar-refractivity contribution in [3.63, 3.8) is 0 Å². The van der Waals surface area contributed by atoms with Crippen LogP contribution in [0.4, 0.5) is 0 Å². The van der Waals surface area contributed by atoms with Crippen molar-refractivity contribution in [3.05, 3.63) is 144 Å². The zero-order valence-electron chi connectivity index (χ0n) is 40.2. The molecule has 5 amide bonds. The number of para-hydroxylation sites is 4. The van der Waals surface area contributed by atoms with Crippen LogP contribution in [-0.2, 0) is 54.5 Å². The van der Waals surface area contributed by atoms with E-state index < -0.39 is 71.8 Å². The lowest BCUT2D eigenvalue weighted by molar-refractivity contribution is -0.142. The maximum absolute atomic E-state index is 15.0. The van der Waals surface area contributed by atoms with Gasteiger partial charge >= 0.3 is 5.97 Å². The molecule has 0 aliphatic rings. The molecule has 6 atom stereocenters. The van der Waals surface area contributed by atoms with E-state index in [2.05, 4.69) is 64.1 Å². The first kappa shape index (κ1) is 51.8. The van der Waals surface area contributed by atoms with Crippen LogP contribution in [0.2, 0.25) is 0 Å². The zero-order chi connectivity index (χ0) is 52.3. The van der Waals surface area contributed by atoms with E-state index in [0.717, 1.165) is 43.6 Å². The Labute approximate surface area is 429 Å². The molecule has 384 valence electrons. The summed E-state index contributed by atoms with van der Waals surface area (Å²) in [4.78, 5) is 101. The van der Waals surface area contributed by atoms with E-state index in [-0.39, 0.29) is 50.4 Å². The number of nitrogens with two attached hydrogens (primary N) is 3. The molecule has 8 rings (SSSR count). The van der Waals surface area contributed by atoms with Crippen LogP contribution in [0.1, 0.15) is 35.1 Å². The highest BCUT2D eigenvalue weighted by molar-refractivity contribution is 7.80. The summed E-state index contributed by atoms with van der Waals surface area (Å²) in [5, 5.41) is 27.5. The number of amides is 5. The number of rotatable bonds is 24. The van der Waals surface area contributed by atoms with Gasteiger partial charge in [-0.3, -0.25) is 29.0 Å². The molecule has 0 saturated heterocycles. The number of hydrogen-bond donors (Lipinski definition) is 14. The third-order valence-electron chi connectivity index (χ3n) is 13.0. The van der Waals surface area contributed by atoms with E-state index >= 15 is 4.79 Å². The van der Waals surface area contributed by atoms with E-state index in [9.17, 15) is 29.1 Å². The second-order valence-electron chi connectivity index (χ2n) is 18.1. The minimum absolute atomic E-state index is 0.0564. The molecule has 16 N–H and O–H groups in total. The number of fused-ring (bicyclic) bond motifs is 4. The molecule has 0 saturated carbocycles. The van der Waals surface area contributed by atoms with Gasteiger partial charge in [-0.25, -0.2) is 4.79 Å². The Kier molecular flexibility index (Phi) is 16.6. The van der Waals surface area contributed by atoms with Crippen LogP contribution in [-0.4, -0.2) is 115 Å². The van der Waals surface area contributed by atoms with Gasteiger partial charge in [0.1, 0.15) is 30.2 Å². The molecular formula is C53H59N13O7S. The molecule has 0 aliphatic heterocycles. The Morgan fingerprint density at radius 3 is 1.14 bits per heavy atom. The average Bonchev–Trinajstić information content (AvgIpc) is 4.21. The highest BCUT2D eigenvalue weighted by Crippen LogP contribution is 2.24. The third-order valence-corrected chi connectivity index (χ3v) is 13.4. The number of hydrogen-bond acceptors (Lipinski definition) is 9. The fraction of sp³-hybridized carbons (Fsp3) is 0.264. The number of aromatic amines is 4. The van der Waals surface area contributed by atoms with Crippen molar-refractivity contribution in [2.45, 2.75) is 74.8 Å². The van der Waals surface area contributed by atoms with E-state index in [1.54, 1.807) is 24.8 Å². The van der Waals surface area contributed by atoms with E-state index in [1.807, 2.05) is 97.1 Å². The maximum atomic E-state index is 15.0. The van der Waals surface area contributed by atoms with Crippen molar-refractivity contribution < 1.29 is 33.9 Å². The van der Waals surface area contributed by atoms with Gasteiger partial charge in [0.05, 0.1) is 6.04 Å². The molecule has 4 aromatic carbocycles. The number of aliphatic imine (C=N–C) groups is 1. The summed E-state index contributed by atoms with van der Waals surface area (Å²) in [6.45, 7) is 0.249. The summed E-state index contributed by atoms with van der Waals surface area (Å²) in [5.74, 6) is -5.20. The molecule has 0 radical (unpaired) electrons. The fourth-order valence-electron chi connectivity index (χ4n) is 9.12. The smallest absolute Gasteiger partial charge is 0.326 e. The Hall–Kier alpha value is -8.56. The van der Waals surface area contributed by atoms with E-state index in [0.29, 0.717) is 28.7 Å². The number of carbonyl (C=O) groups excluding carboxylic acids is 5. The number of thiol groups is 1. The highest BCUT2D eigenvalue weighted by atomic mass is 32.1. The maximum Gasteiger partial charge on any atom is 0.326 e. The van der Waals surface area contributed by atoms with Crippen molar-refractivity contribution in [3.8, 4) is 0 Å². The number of aliphatic carboxylic acids is 1. The number of carbonyl (C=O) groups is 6. The summed E-state index contributed by atoms with van der Waals surface area (Å²) in [5.41, 5.74) is 22.8. The molecule has 0 fully saturated rings. The third kappa shape index (κ3) is 12.5. The first-order valence-corrected chi connectivity index (χ1v) is 24.8. The van der Waals surface area contributed by atoms with Crippen LogP contribution < -0.4 is 43.8 Å². The van der Waals surface area contributed by atoms with Gasteiger partial charge in [-0.15, -0.1) is 0 Å². The molecular weight excluding hydrogens is 963 g/mol. The van der Waals surface area contributed by atoms with Crippen LogP contribution in [0.5, 0.6) is 0 Å². The number of aromatic nitrogens is 4. The Morgan fingerprint density at radius 1 is 0.486 bits per heavy atom. The van der Waals surface area contributed by atoms with Gasteiger partial charge in [-0.1, -0.05) is 72.8 Å². The number of nitrogens with one attached hydrogen (secondary N) is 9. The van der Waals surface area contributed by atoms with Crippen molar-refractivity contribution >= 4 is 97.7 Å². The van der Waals surface area contributed by atoms with Crippen LogP contribution in [0.15, 0.2) is 127 Å². The molecule has 74 heavy (non-hydrogen) atoms. The number of H-pyrrole nitrogens is 4. The molecule has 20 nitrogen and oxygen atoms in total.